The van der Waals surface area contributed by atoms with Gasteiger partial charge in [0, 0.05) is 12.7 Å². The number of benzene rings is 1. The van der Waals surface area contributed by atoms with E-state index in [0.717, 1.165) is 11.6 Å². The molecule has 0 atom stereocenters. The number of methoxy groups -OCH3 is 2. The van der Waals surface area contributed by atoms with Gasteiger partial charge in [-0.05, 0) is 30.2 Å². The molecule has 32 heavy (non-hydrogen) atoms. The maximum Gasteiger partial charge on any atom is 0.417 e. The number of alkyl halides is 3. The number of rotatable bonds is 8. The number of nitrogens with one attached hydrogen (secondary N) is 2. The maximum atomic E-state index is 12.8. The first-order chi connectivity index (χ1) is 15.2. The van der Waals surface area contributed by atoms with Crippen molar-refractivity contribution in [1.29, 1.82) is 0 Å². The van der Waals surface area contributed by atoms with Gasteiger partial charge in [0.1, 0.15) is 17.8 Å². The lowest BCUT2D eigenvalue weighted by atomic mass is 10.1. The van der Waals surface area contributed by atoms with Crippen molar-refractivity contribution in [3.63, 3.8) is 0 Å². The van der Waals surface area contributed by atoms with E-state index in [1.165, 1.54) is 6.33 Å². The van der Waals surface area contributed by atoms with Crippen LogP contribution in [0, 0.1) is 0 Å². The molecular formula is C20H20ClF3N6O2. The lowest BCUT2D eigenvalue weighted by Crippen LogP contribution is -2.11. The zero-order chi connectivity index (χ0) is 23.3. The Morgan fingerprint density at radius 2 is 1.72 bits per heavy atom. The van der Waals surface area contributed by atoms with Crippen LogP contribution in [0.3, 0.4) is 0 Å². The first kappa shape index (κ1) is 23.2. The Balaban J connectivity index is 1.68. The first-order valence-electron chi connectivity index (χ1n) is 9.28. The standard InChI is InChI=1S/C20H20ClF3N6O2/c1-31-14-4-3-11(7-15(14)32-2)5-6-26-18-16(25)19(29-10-28-18)30-17-13(21)8-12(9-27-17)20(22,23)24/h3-4,7-10H,5-6,25H2,1-2H3,(H2,26,27,28,29,30). The van der Waals surface area contributed by atoms with Crippen LogP contribution >= 0.6 is 11.6 Å². The first-order valence-corrected chi connectivity index (χ1v) is 9.65. The Morgan fingerprint density at radius 3 is 2.38 bits per heavy atom. The molecule has 0 saturated heterocycles. The third-order valence-corrected chi connectivity index (χ3v) is 4.73. The van der Waals surface area contributed by atoms with Crippen LogP contribution < -0.4 is 25.8 Å². The van der Waals surface area contributed by atoms with Gasteiger partial charge < -0.3 is 25.8 Å². The molecule has 0 unspecified atom stereocenters. The van der Waals surface area contributed by atoms with Crippen molar-refractivity contribution < 1.29 is 22.6 Å². The van der Waals surface area contributed by atoms with E-state index in [4.69, 9.17) is 26.8 Å². The van der Waals surface area contributed by atoms with Crippen molar-refractivity contribution in [1.82, 2.24) is 15.0 Å². The van der Waals surface area contributed by atoms with E-state index < -0.39 is 11.7 Å². The molecule has 2 aromatic heterocycles. The van der Waals surface area contributed by atoms with Gasteiger partial charge in [-0.25, -0.2) is 15.0 Å². The molecule has 12 heteroatoms. The van der Waals surface area contributed by atoms with E-state index in [0.29, 0.717) is 36.5 Å². The van der Waals surface area contributed by atoms with Crippen molar-refractivity contribution in [2.75, 3.05) is 37.1 Å². The second-order valence-electron chi connectivity index (χ2n) is 6.53. The molecule has 0 fully saturated rings. The number of ether oxygens (including phenoxy) is 2. The topological polar surface area (TPSA) is 107 Å². The molecular weight excluding hydrogens is 449 g/mol. The second-order valence-corrected chi connectivity index (χ2v) is 6.94. The SMILES string of the molecule is COc1ccc(CCNc2ncnc(Nc3ncc(C(F)(F)F)cc3Cl)c2N)cc1OC. The molecule has 0 spiro atoms. The third-order valence-electron chi connectivity index (χ3n) is 4.44. The summed E-state index contributed by atoms with van der Waals surface area (Å²) in [5.41, 5.74) is 6.31. The summed E-state index contributed by atoms with van der Waals surface area (Å²) < 4.78 is 48.9. The Labute approximate surface area is 186 Å². The number of hydrogen-bond donors (Lipinski definition) is 3. The highest BCUT2D eigenvalue weighted by Crippen LogP contribution is 2.34. The minimum Gasteiger partial charge on any atom is -0.493 e. The predicted octanol–water partition coefficient (Wildman–Crippen LogP) is 4.54. The largest absolute Gasteiger partial charge is 0.493 e. The van der Waals surface area contributed by atoms with Crippen LogP contribution in [0.4, 0.5) is 36.3 Å². The number of pyridine rings is 1. The molecule has 8 nitrogen and oxygen atoms in total. The number of aromatic nitrogens is 3. The summed E-state index contributed by atoms with van der Waals surface area (Å²) in [4.78, 5) is 11.8. The second kappa shape index (κ2) is 9.77. The fourth-order valence-electron chi connectivity index (χ4n) is 2.79. The minimum atomic E-state index is -4.55. The summed E-state index contributed by atoms with van der Waals surface area (Å²) in [7, 11) is 3.13. The molecule has 0 saturated carbocycles. The summed E-state index contributed by atoms with van der Waals surface area (Å²) in [6, 6.07) is 6.37. The van der Waals surface area contributed by atoms with E-state index in [1.54, 1.807) is 14.2 Å². The van der Waals surface area contributed by atoms with E-state index in [9.17, 15) is 13.2 Å². The van der Waals surface area contributed by atoms with Gasteiger partial charge in [0.25, 0.3) is 0 Å². The highest BCUT2D eigenvalue weighted by Gasteiger charge is 2.31. The van der Waals surface area contributed by atoms with Crippen LogP contribution in [0.5, 0.6) is 11.5 Å². The van der Waals surface area contributed by atoms with Gasteiger partial charge in [0.05, 0.1) is 24.8 Å². The Hall–Kier alpha value is -3.47. The fraction of sp³-hybridized carbons (Fsp3) is 0.250. The summed E-state index contributed by atoms with van der Waals surface area (Å²) >= 11 is 5.93. The third kappa shape index (κ3) is 5.41. The molecule has 0 amide bonds. The summed E-state index contributed by atoms with van der Waals surface area (Å²) in [6.07, 6.45) is -1.98. The highest BCUT2D eigenvalue weighted by atomic mass is 35.5. The lowest BCUT2D eigenvalue weighted by Gasteiger charge is -2.14. The van der Waals surface area contributed by atoms with Crippen molar-refractivity contribution in [3.05, 3.63) is 52.9 Å². The molecule has 170 valence electrons. The number of anilines is 4. The molecule has 1 aromatic carbocycles. The molecule has 2 heterocycles. The van der Waals surface area contributed by atoms with E-state index in [2.05, 4.69) is 25.6 Å². The normalized spacial score (nSPS) is 11.2. The molecule has 0 aliphatic carbocycles. The summed E-state index contributed by atoms with van der Waals surface area (Å²) in [5, 5.41) is 5.62. The molecule has 3 aromatic rings. The summed E-state index contributed by atoms with van der Waals surface area (Å²) in [6.45, 7) is 0.495. The van der Waals surface area contributed by atoms with Gasteiger partial charge >= 0.3 is 6.18 Å². The molecule has 4 N–H and O–H groups in total. The average molecular weight is 469 g/mol. The smallest absolute Gasteiger partial charge is 0.417 e. The van der Waals surface area contributed by atoms with Crippen LogP contribution in [-0.4, -0.2) is 35.7 Å². The van der Waals surface area contributed by atoms with Gasteiger partial charge in [-0.15, -0.1) is 0 Å². The van der Waals surface area contributed by atoms with Crippen LogP contribution in [0.25, 0.3) is 0 Å². The molecule has 0 bridgehead atoms. The maximum absolute atomic E-state index is 12.8. The summed E-state index contributed by atoms with van der Waals surface area (Å²) in [5.74, 6) is 1.75. The number of nitrogens with zero attached hydrogens (tertiary/aromatic N) is 3. The molecule has 0 aliphatic rings. The Bertz CT molecular complexity index is 1100. The number of hydrogen-bond acceptors (Lipinski definition) is 8. The highest BCUT2D eigenvalue weighted by molar-refractivity contribution is 6.33. The average Bonchev–Trinajstić information content (AvgIpc) is 2.76. The van der Waals surface area contributed by atoms with Crippen LogP contribution in [0.1, 0.15) is 11.1 Å². The van der Waals surface area contributed by atoms with E-state index in [1.807, 2.05) is 18.2 Å². The van der Waals surface area contributed by atoms with Crippen LogP contribution in [0.2, 0.25) is 5.02 Å². The quantitative estimate of drug-likeness (QED) is 0.442. The van der Waals surface area contributed by atoms with Crippen molar-refractivity contribution >= 4 is 34.7 Å². The van der Waals surface area contributed by atoms with Gasteiger partial charge in [-0.1, -0.05) is 17.7 Å². The Morgan fingerprint density at radius 1 is 1.00 bits per heavy atom. The monoisotopic (exact) mass is 468 g/mol. The van der Waals surface area contributed by atoms with Gasteiger partial charge in [0.2, 0.25) is 0 Å². The zero-order valence-corrected chi connectivity index (χ0v) is 17.9. The predicted molar refractivity (Wildman–Crippen MR) is 116 cm³/mol. The number of nitrogen functional groups attached to an aromatic ring is 1. The van der Waals surface area contributed by atoms with Crippen LogP contribution in [0.15, 0.2) is 36.8 Å². The van der Waals surface area contributed by atoms with Crippen molar-refractivity contribution in [2.24, 2.45) is 0 Å². The van der Waals surface area contributed by atoms with Gasteiger partial charge in [-0.2, -0.15) is 13.2 Å². The lowest BCUT2D eigenvalue weighted by molar-refractivity contribution is -0.137. The molecule has 0 aliphatic heterocycles. The fourth-order valence-corrected chi connectivity index (χ4v) is 3.01. The number of halogens is 4. The molecule has 3 rings (SSSR count). The Kier molecular flexibility index (Phi) is 7.08. The van der Waals surface area contributed by atoms with Gasteiger partial charge in [0.15, 0.2) is 23.1 Å². The van der Waals surface area contributed by atoms with Crippen LogP contribution in [-0.2, 0) is 12.6 Å². The van der Waals surface area contributed by atoms with E-state index in [-0.39, 0.29) is 22.3 Å². The van der Waals surface area contributed by atoms with Gasteiger partial charge in [-0.3, -0.25) is 0 Å². The number of nitrogens with two attached hydrogens (primary N) is 1. The minimum absolute atomic E-state index is 0.0126. The van der Waals surface area contributed by atoms with E-state index >= 15 is 0 Å². The zero-order valence-electron chi connectivity index (χ0n) is 17.1. The van der Waals surface area contributed by atoms with Crippen molar-refractivity contribution in [3.8, 4) is 11.5 Å². The van der Waals surface area contributed by atoms with Crippen molar-refractivity contribution in [2.45, 2.75) is 12.6 Å². The molecule has 0 radical (unpaired) electrons.